The van der Waals surface area contributed by atoms with Crippen LogP contribution in [0.1, 0.15) is 18.9 Å². The Morgan fingerprint density at radius 1 is 0.871 bits per heavy atom. The Morgan fingerprint density at radius 3 is 1.94 bits per heavy atom. The van der Waals surface area contributed by atoms with Crippen molar-refractivity contribution in [2.45, 2.75) is 19.4 Å². The maximum absolute atomic E-state index is 12.3. The van der Waals surface area contributed by atoms with Gasteiger partial charge in [0.2, 0.25) is 0 Å². The molecule has 0 aliphatic rings. The maximum Gasteiger partial charge on any atom is 0.323 e. The van der Waals surface area contributed by atoms with E-state index in [0.717, 1.165) is 11.3 Å². The molecule has 0 heterocycles. The van der Waals surface area contributed by atoms with Gasteiger partial charge in [0.25, 0.3) is 0 Å². The minimum Gasteiger partial charge on any atom is -0.457 e. The van der Waals surface area contributed by atoms with E-state index in [1.807, 2.05) is 56.6 Å². The van der Waals surface area contributed by atoms with Gasteiger partial charge in [-0.25, -0.2) is 4.79 Å². The second kappa shape index (κ2) is 10.4. The van der Waals surface area contributed by atoms with Crippen LogP contribution in [0.4, 0.5) is 16.2 Å². The predicted octanol–water partition coefficient (Wildman–Crippen LogP) is 5.83. The van der Waals surface area contributed by atoms with Crippen molar-refractivity contribution in [2.24, 2.45) is 0 Å². The minimum atomic E-state index is -0.333. The van der Waals surface area contributed by atoms with Crippen molar-refractivity contribution in [1.29, 1.82) is 5.41 Å². The van der Waals surface area contributed by atoms with E-state index >= 15 is 0 Å². The van der Waals surface area contributed by atoms with Gasteiger partial charge in [0.05, 0.1) is 0 Å². The lowest BCUT2D eigenvalue weighted by molar-refractivity contribution is 0.262. The van der Waals surface area contributed by atoms with Crippen LogP contribution in [0.3, 0.4) is 0 Å². The fourth-order valence-corrected chi connectivity index (χ4v) is 2.87. The highest BCUT2D eigenvalue weighted by Crippen LogP contribution is 2.22. The normalized spacial score (nSPS) is 11.6. The van der Waals surface area contributed by atoms with E-state index in [0.29, 0.717) is 35.3 Å². The third-order valence-electron chi connectivity index (χ3n) is 4.96. The second-order valence-electron chi connectivity index (χ2n) is 7.59. The van der Waals surface area contributed by atoms with Crippen LogP contribution in [0.5, 0.6) is 11.5 Å². The van der Waals surface area contributed by atoms with E-state index < -0.39 is 0 Å². The number of urea groups is 1. The van der Waals surface area contributed by atoms with Crippen LogP contribution in [0.15, 0.2) is 78.9 Å². The number of ether oxygens (including phenoxy) is 1. The number of hydrogen-bond acceptors (Lipinski definition) is 4. The highest BCUT2D eigenvalue weighted by molar-refractivity contribution is 6.01. The Kier molecular flexibility index (Phi) is 7.40. The summed E-state index contributed by atoms with van der Waals surface area (Å²) in [6.07, 6.45) is 0.671. The summed E-state index contributed by atoms with van der Waals surface area (Å²) in [4.78, 5) is 14.4. The van der Waals surface area contributed by atoms with E-state index in [1.165, 1.54) is 0 Å². The average Bonchev–Trinajstić information content (AvgIpc) is 2.76. The first-order valence-corrected chi connectivity index (χ1v) is 10.2. The number of nitrogens with one attached hydrogen (secondary N) is 3. The van der Waals surface area contributed by atoms with Crippen molar-refractivity contribution in [3.05, 3.63) is 84.4 Å². The molecule has 6 nitrogen and oxygen atoms in total. The molecule has 3 N–H and O–H groups in total. The van der Waals surface area contributed by atoms with Crippen LogP contribution >= 0.6 is 0 Å². The zero-order valence-electron chi connectivity index (χ0n) is 18.1. The Balaban J connectivity index is 1.51. The number of amides is 2. The van der Waals surface area contributed by atoms with Crippen LogP contribution in [0, 0.1) is 5.41 Å². The van der Waals surface area contributed by atoms with Crippen molar-refractivity contribution in [3.63, 3.8) is 0 Å². The van der Waals surface area contributed by atoms with Gasteiger partial charge in [0.1, 0.15) is 11.5 Å². The quantitative estimate of drug-likeness (QED) is 0.404. The molecule has 160 valence electrons. The number of carbonyl (C=O) groups is 1. The molecule has 0 aliphatic carbocycles. The number of carbonyl (C=O) groups excluding carboxylic acids is 1. The third kappa shape index (κ3) is 6.69. The van der Waals surface area contributed by atoms with Crippen molar-refractivity contribution in [2.75, 3.05) is 24.7 Å². The van der Waals surface area contributed by atoms with E-state index in [-0.39, 0.29) is 6.03 Å². The minimum absolute atomic E-state index is 0.292. The Morgan fingerprint density at radius 2 is 1.39 bits per heavy atom. The molecule has 1 atom stereocenters. The van der Waals surface area contributed by atoms with Gasteiger partial charge in [-0.2, -0.15) is 0 Å². The highest BCUT2D eigenvalue weighted by Gasteiger charge is 2.10. The first kappa shape index (κ1) is 22.1. The zero-order chi connectivity index (χ0) is 22.2. The molecule has 0 aliphatic heterocycles. The first-order valence-electron chi connectivity index (χ1n) is 10.2. The number of nitrogens with zero attached hydrogens (tertiary/aromatic N) is 1. The summed E-state index contributed by atoms with van der Waals surface area (Å²) in [5.41, 5.74) is 2.76. The maximum atomic E-state index is 12.3. The predicted molar refractivity (Wildman–Crippen MR) is 127 cm³/mol. The molecule has 0 bridgehead atoms. The highest BCUT2D eigenvalue weighted by atomic mass is 16.5. The molecular formula is C25H28N4O2. The monoisotopic (exact) mass is 416 g/mol. The summed E-state index contributed by atoms with van der Waals surface area (Å²) in [6, 6.07) is 24.0. The van der Waals surface area contributed by atoms with E-state index in [9.17, 15) is 4.79 Å². The summed E-state index contributed by atoms with van der Waals surface area (Å²) in [7, 11) is 4.01. The van der Waals surface area contributed by atoms with Gasteiger partial charge < -0.3 is 25.7 Å². The molecule has 0 spiro atoms. The van der Waals surface area contributed by atoms with Gasteiger partial charge in [0.15, 0.2) is 0 Å². The molecule has 0 saturated heterocycles. The van der Waals surface area contributed by atoms with Crippen LogP contribution in [-0.2, 0) is 0 Å². The summed E-state index contributed by atoms with van der Waals surface area (Å²) in [6.45, 7) is 2.09. The van der Waals surface area contributed by atoms with Gasteiger partial charge in [-0.1, -0.05) is 30.3 Å². The summed E-state index contributed by atoms with van der Waals surface area (Å²) >= 11 is 0. The largest absolute Gasteiger partial charge is 0.457 e. The third-order valence-corrected chi connectivity index (χ3v) is 4.96. The first-order chi connectivity index (χ1) is 14.9. The Labute approximate surface area is 183 Å². The molecule has 0 aromatic heterocycles. The Hall–Kier alpha value is -3.64. The summed E-state index contributed by atoms with van der Waals surface area (Å²) < 4.78 is 5.75. The second-order valence-corrected chi connectivity index (χ2v) is 7.59. The van der Waals surface area contributed by atoms with Crippen LogP contribution in [0.2, 0.25) is 0 Å². The van der Waals surface area contributed by atoms with Crippen molar-refractivity contribution < 1.29 is 9.53 Å². The number of para-hydroxylation sites is 1. The molecule has 1 unspecified atom stereocenters. The molecule has 0 saturated carbocycles. The van der Waals surface area contributed by atoms with E-state index in [2.05, 4.69) is 22.5 Å². The molecule has 0 fully saturated rings. The smallest absolute Gasteiger partial charge is 0.323 e. The van der Waals surface area contributed by atoms with Gasteiger partial charge in [-0.3, -0.25) is 0 Å². The lowest BCUT2D eigenvalue weighted by atomic mass is 10.0. The lowest BCUT2D eigenvalue weighted by Crippen LogP contribution is -2.27. The van der Waals surface area contributed by atoms with Crippen molar-refractivity contribution >= 4 is 23.1 Å². The average molecular weight is 417 g/mol. The summed E-state index contributed by atoms with van der Waals surface area (Å²) in [5, 5.41) is 13.9. The molecule has 6 heteroatoms. The summed E-state index contributed by atoms with van der Waals surface area (Å²) in [5.74, 6) is 1.45. The molecule has 0 radical (unpaired) electrons. The van der Waals surface area contributed by atoms with Gasteiger partial charge in [-0.15, -0.1) is 0 Å². The van der Waals surface area contributed by atoms with Crippen molar-refractivity contribution in [3.8, 4) is 11.5 Å². The van der Waals surface area contributed by atoms with Crippen LogP contribution < -0.4 is 15.4 Å². The Bertz CT molecular complexity index is 1000. The van der Waals surface area contributed by atoms with Gasteiger partial charge in [0, 0.05) is 29.5 Å². The fraction of sp³-hybridized carbons (Fsp3) is 0.200. The zero-order valence-corrected chi connectivity index (χ0v) is 18.1. The number of hydrogen-bond donors (Lipinski definition) is 3. The van der Waals surface area contributed by atoms with E-state index in [4.69, 9.17) is 10.1 Å². The number of anilines is 2. The standard InChI is InChI=1S/C25H28N4O2/c1-18(29(2)3)17-24(26)19-9-11-20(12-10-19)27-25(30)28-21-13-15-23(16-14-21)31-22-7-5-4-6-8-22/h4-16,18,26H,17H2,1-3H3,(H2,27,28,30). The van der Waals surface area contributed by atoms with Crippen LogP contribution in [-0.4, -0.2) is 36.8 Å². The number of benzene rings is 3. The van der Waals surface area contributed by atoms with Crippen LogP contribution in [0.25, 0.3) is 0 Å². The van der Waals surface area contributed by atoms with Crippen molar-refractivity contribution in [1.82, 2.24) is 4.90 Å². The molecule has 2 amide bonds. The SMILES string of the molecule is CC(CC(=N)c1ccc(NC(=O)Nc2ccc(Oc3ccccc3)cc2)cc1)N(C)C. The lowest BCUT2D eigenvalue weighted by Gasteiger charge is -2.20. The van der Waals surface area contributed by atoms with E-state index in [1.54, 1.807) is 36.4 Å². The van der Waals surface area contributed by atoms with Gasteiger partial charge in [-0.05, 0) is 75.1 Å². The fourth-order valence-electron chi connectivity index (χ4n) is 2.87. The molecule has 31 heavy (non-hydrogen) atoms. The molecular weight excluding hydrogens is 388 g/mol. The molecule has 3 aromatic carbocycles. The topological polar surface area (TPSA) is 77.5 Å². The number of rotatable bonds is 8. The molecule has 3 aromatic rings. The molecule has 3 rings (SSSR count). The van der Waals surface area contributed by atoms with Gasteiger partial charge >= 0.3 is 6.03 Å².